The SMILES string of the molecule is CCC1CCCCCCC(C)C1.CCCCC1C(C)CC2CCCC2C1C1CCCCC1CC. The van der Waals surface area contributed by atoms with Crippen molar-refractivity contribution in [3.05, 3.63) is 0 Å². The van der Waals surface area contributed by atoms with Crippen LogP contribution in [0, 0.1) is 53.3 Å². The fourth-order valence-corrected chi connectivity index (χ4v) is 9.47. The van der Waals surface area contributed by atoms with Crippen molar-refractivity contribution >= 4 is 0 Å². The second-order valence-electron chi connectivity index (χ2n) is 13.7. The van der Waals surface area contributed by atoms with Crippen LogP contribution in [0.3, 0.4) is 0 Å². The van der Waals surface area contributed by atoms with E-state index in [1.807, 2.05) is 0 Å². The van der Waals surface area contributed by atoms with Crippen molar-refractivity contribution in [2.45, 2.75) is 163 Å². The molecule has 4 fully saturated rings. The van der Waals surface area contributed by atoms with Crippen molar-refractivity contribution in [2.75, 3.05) is 0 Å². The van der Waals surface area contributed by atoms with Crippen LogP contribution in [-0.4, -0.2) is 0 Å². The first-order chi connectivity index (χ1) is 16.6. The van der Waals surface area contributed by atoms with Crippen molar-refractivity contribution in [2.24, 2.45) is 53.3 Å². The molecule has 0 spiro atoms. The maximum absolute atomic E-state index is 2.62. The molecule has 0 N–H and O–H groups in total. The minimum atomic E-state index is 0.994. The highest BCUT2D eigenvalue weighted by Gasteiger charge is 2.48. The van der Waals surface area contributed by atoms with Gasteiger partial charge in [0, 0.05) is 0 Å². The number of hydrogen-bond donors (Lipinski definition) is 0. The van der Waals surface area contributed by atoms with E-state index in [4.69, 9.17) is 0 Å². The molecular formula is C34H64. The molecule has 0 radical (unpaired) electrons. The van der Waals surface area contributed by atoms with Gasteiger partial charge in [-0.25, -0.2) is 0 Å². The molecule has 0 aliphatic heterocycles. The minimum Gasteiger partial charge on any atom is -0.0654 e. The minimum absolute atomic E-state index is 0.994. The Labute approximate surface area is 216 Å². The molecule has 4 aliphatic carbocycles. The van der Waals surface area contributed by atoms with Crippen LogP contribution < -0.4 is 0 Å². The van der Waals surface area contributed by atoms with E-state index in [0.29, 0.717) is 0 Å². The molecule has 0 amide bonds. The molecule has 0 saturated heterocycles. The first-order valence-electron chi connectivity index (χ1n) is 16.6. The second kappa shape index (κ2) is 15.3. The van der Waals surface area contributed by atoms with Crippen LogP contribution in [0.15, 0.2) is 0 Å². The molecule has 0 aromatic carbocycles. The van der Waals surface area contributed by atoms with Crippen LogP contribution in [0.1, 0.15) is 163 Å². The largest absolute Gasteiger partial charge is 0.0654 e. The van der Waals surface area contributed by atoms with Crippen LogP contribution in [-0.2, 0) is 0 Å². The zero-order valence-electron chi connectivity index (χ0n) is 24.3. The van der Waals surface area contributed by atoms with Gasteiger partial charge < -0.3 is 0 Å². The molecule has 0 nitrogen and oxygen atoms in total. The average Bonchev–Trinajstić information content (AvgIpc) is 3.34. The zero-order valence-corrected chi connectivity index (χ0v) is 24.3. The van der Waals surface area contributed by atoms with Crippen molar-refractivity contribution in [1.29, 1.82) is 0 Å². The first kappa shape index (κ1) is 28.6. The van der Waals surface area contributed by atoms with Gasteiger partial charge in [0.2, 0.25) is 0 Å². The van der Waals surface area contributed by atoms with Crippen molar-refractivity contribution < 1.29 is 0 Å². The smallest absolute Gasteiger partial charge is 0.0321 e. The van der Waals surface area contributed by atoms with E-state index in [2.05, 4.69) is 34.6 Å². The van der Waals surface area contributed by atoms with Gasteiger partial charge in [0.15, 0.2) is 0 Å². The van der Waals surface area contributed by atoms with Gasteiger partial charge in [-0.2, -0.15) is 0 Å². The molecular weight excluding hydrogens is 408 g/mol. The molecule has 0 bridgehead atoms. The number of rotatable bonds is 6. The fraction of sp³-hybridized carbons (Fsp3) is 1.00. The monoisotopic (exact) mass is 473 g/mol. The molecule has 4 aliphatic rings. The van der Waals surface area contributed by atoms with Gasteiger partial charge in [0.1, 0.15) is 0 Å². The molecule has 0 heteroatoms. The van der Waals surface area contributed by atoms with E-state index in [0.717, 1.165) is 53.3 Å². The lowest BCUT2D eigenvalue weighted by Gasteiger charge is -2.51. The molecule has 34 heavy (non-hydrogen) atoms. The third-order valence-electron chi connectivity index (χ3n) is 11.4. The Kier molecular flexibility index (Phi) is 12.9. The maximum Gasteiger partial charge on any atom is -0.0321 e. The van der Waals surface area contributed by atoms with E-state index in [1.165, 1.54) is 83.5 Å². The van der Waals surface area contributed by atoms with Gasteiger partial charge >= 0.3 is 0 Å². The predicted octanol–water partition coefficient (Wildman–Crippen LogP) is 11.5. The Balaban J connectivity index is 0.000000229. The van der Waals surface area contributed by atoms with E-state index >= 15 is 0 Å². The molecule has 4 rings (SSSR count). The number of fused-ring (bicyclic) bond motifs is 1. The second-order valence-corrected chi connectivity index (χ2v) is 13.7. The van der Waals surface area contributed by atoms with Crippen LogP contribution in [0.2, 0.25) is 0 Å². The summed E-state index contributed by atoms with van der Waals surface area (Å²) in [6.45, 7) is 12.3. The Bertz CT molecular complexity index is 522. The summed E-state index contributed by atoms with van der Waals surface area (Å²) in [7, 11) is 0. The van der Waals surface area contributed by atoms with E-state index < -0.39 is 0 Å². The summed E-state index contributed by atoms with van der Waals surface area (Å²) in [6, 6.07) is 0. The lowest BCUT2D eigenvalue weighted by Crippen LogP contribution is -2.44. The first-order valence-corrected chi connectivity index (χ1v) is 16.6. The summed E-state index contributed by atoms with van der Waals surface area (Å²) in [5, 5.41) is 0. The molecule has 9 unspecified atom stereocenters. The molecule has 200 valence electrons. The van der Waals surface area contributed by atoms with Gasteiger partial charge in [0.05, 0.1) is 0 Å². The standard InChI is InChI=1S/C22H40.C12H24/c1-4-6-12-19-16(3)15-18-11-9-14-21(18)22(19)20-13-8-7-10-17(20)5-2;1-3-12-9-7-5-4-6-8-11(2)10-12/h16-22H,4-15H2,1-3H3;11-12H,3-10H2,1-2H3. The summed E-state index contributed by atoms with van der Waals surface area (Å²) in [6.07, 6.45) is 30.1. The van der Waals surface area contributed by atoms with Crippen LogP contribution >= 0.6 is 0 Å². The summed E-state index contributed by atoms with van der Waals surface area (Å²) in [5.74, 6) is 9.60. The Morgan fingerprint density at radius 2 is 1.32 bits per heavy atom. The normalized spacial score (nSPS) is 41.4. The highest BCUT2D eigenvalue weighted by Crippen LogP contribution is 2.57. The lowest BCUT2D eigenvalue weighted by molar-refractivity contribution is -0.0197. The zero-order chi connectivity index (χ0) is 24.3. The van der Waals surface area contributed by atoms with Crippen LogP contribution in [0.25, 0.3) is 0 Å². The van der Waals surface area contributed by atoms with Gasteiger partial charge in [-0.15, -0.1) is 0 Å². The number of unbranched alkanes of at least 4 members (excludes halogenated alkanes) is 1. The molecule has 0 heterocycles. The van der Waals surface area contributed by atoms with Crippen molar-refractivity contribution in [3.63, 3.8) is 0 Å². The molecule has 4 saturated carbocycles. The van der Waals surface area contributed by atoms with Crippen LogP contribution in [0.5, 0.6) is 0 Å². The fourth-order valence-electron chi connectivity index (χ4n) is 9.47. The average molecular weight is 473 g/mol. The molecule has 0 aromatic heterocycles. The summed E-state index contributed by atoms with van der Waals surface area (Å²) in [4.78, 5) is 0. The third-order valence-corrected chi connectivity index (χ3v) is 11.4. The van der Waals surface area contributed by atoms with Crippen molar-refractivity contribution in [1.82, 2.24) is 0 Å². The lowest BCUT2D eigenvalue weighted by atomic mass is 9.54. The van der Waals surface area contributed by atoms with E-state index in [9.17, 15) is 0 Å². The van der Waals surface area contributed by atoms with E-state index in [-0.39, 0.29) is 0 Å². The quantitative estimate of drug-likeness (QED) is 0.360. The Morgan fingerprint density at radius 1 is 0.618 bits per heavy atom. The number of hydrogen-bond acceptors (Lipinski definition) is 0. The van der Waals surface area contributed by atoms with Crippen LogP contribution in [0.4, 0.5) is 0 Å². The van der Waals surface area contributed by atoms with Gasteiger partial charge in [0.25, 0.3) is 0 Å². The van der Waals surface area contributed by atoms with Gasteiger partial charge in [-0.3, -0.25) is 0 Å². The van der Waals surface area contributed by atoms with Crippen molar-refractivity contribution in [3.8, 4) is 0 Å². The highest BCUT2D eigenvalue weighted by molar-refractivity contribution is 4.98. The van der Waals surface area contributed by atoms with Gasteiger partial charge in [-0.1, -0.05) is 131 Å². The molecule has 0 aromatic rings. The Morgan fingerprint density at radius 3 is 2.06 bits per heavy atom. The van der Waals surface area contributed by atoms with Gasteiger partial charge in [-0.05, 0) is 85.4 Å². The van der Waals surface area contributed by atoms with E-state index in [1.54, 1.807) is 44.9 Å². The Hall–Kier alpha value is 0. The molecule has 9 atom stereocenters. The maximum atomic E-state index is 2.62. The highest BCUT2D eigenvalue weighted by atomic mass is 14.5. The summed E-state index contributed by atoms with van der Waals surface area (Å²) < 4.78 is 0. The third kappa shape index (κ3) is 8.00. The topological polar surface area (TPSA) is 0 Å². The predicted molar refractivity (Wildman–Crippen MR) is 152 cm³/mol. The summed E-state index contributed by atoms with van der Waals surface area (Å²) in [5.41, 5.74) is 0. The summed E-state index contributed by atoms with van der Waals surface area (Å²) >= 11 is 0.